The maximum atomic E-state index is 7.57. The summed E-state index contributed by atoms with van der Waals surface area (Å²) in [6.07, 6.45) is 0. The van der Waals surface area contributed by atoms with Gasteiger partial charge in [0.2, 0.25) is 0 Å². The van der Waals surface area contributed by atoms with Gasteiger partial charge in [0.25, 0.3) is 0 Å². The van der Waals surface area contributed by atoms with Gasteiger partial charge in [0.15, 0.2) is 0 Å². The molecule has 10 heavy (non-hydrogen) atoms. The Morgan fingerprint density at radius 1 is 0.800 bits per heavy atom. The molecule has 0 aliphatic rings. The van der Waals surface area contributed by atoms with Crippen molar-refractivity contribution in [3.63, 3.8) is 0 Å². The zero-order valence-electron chi connectivity index (χ0n) is 6.85. The molecular weight excluding hydrogens is 225 g/mol. The number of aliphatic hydroxyl groups excluding tert-OH is 4. The van der Waals surface area contributed by atoms with E-state index >= 15 is 0 Å². The van der Waals surface area contributed by atoms with Gasteiger partial charge >= 0.3 is 0 Å². The van der Waals surface area contributed by atoms with Gasteiger partial charge in [-0.25, -0.2) is 0 Å². The van der Waals surface area contributed by atoms with E-state index in [0.29, 0.717) is 0 Å². The van der Waals surface area contributed by atoms with E-state index in [4.69, 9.17) is 20.4 Å². The predicted octanol–water partition coefficient (Wildman–Crippen LogP) is -1.18. The summed E-state index contributed by atoms with van der Waals surface area (Å²) in [6, 6.07) is 0. The Kier molecular flexibility index (Phi) is 994. The van der Waals surface area contributed by atoms with Gasteiger partial charge in [0.1, 0.15) is 0 Å². The van der Waals surface area contributed by atoms with Crippen LogP contribution in [0.25, 0.3) is 0 Å². The van der Waals surface area contributed by atoms with Crippen LogP contribution in [-0.2, 0) is 19.5 Å². The Labute approximate surface area is 75.3 Å². The zero-order chi connectivity index (χ0) is 8.71. The standard InChI is InChI=1S/C2H6O.3CH4O.Ru/c1-2-3;3*1-2;/h3H,2H2,1H3;3*2H,1H3;. The monoisotopic (exact) mass is 244 g/mol. The van der Waals surface area contributed by atoms with Gasteiger partial charge in [-0.05, 0) is 6.92 Å². The number of aliphatic hydroxyl groups is 4. The zero-order valence-corrected chi connectivity index (χ0v) is 8.59. The first-order chi connectivity index (χ1) is 4.41. The minimum Gasteiger partial charge on any atom is -0.400 e. The van der Waals surface area contributed by atoms with Gasteiger partial charge in [-0.1, -0.05) is 0 Å². The van der Waals surface area contributed by atoms with Gasteiger partial charge in [-0.15, -0.1) is 0 Å². The van der Waals surface area contributed by atoms with Crippen molar-refractivity contribution in [3.8, 4) is 0 Å². The van der Waals surface area contributed by atoms with E-state index in [1.807, 2.05) is 0 Å². The van der Waals surface area contributed by atoms with Crippen LogP contribution in [0.2, 0.25) is 0 Å². The van der Waals surface area contributed by atoms with Gasteiger partial charge < -0.3 is 20.4 Å². The normalized spacial score (nSPS) is 3.60. The van der Waals surface area contributed by atoms with Crippen molar-refractivity contribution in [2.45, 2.75) is 6.92 Å². The second kappa shape index (κ2) is 317. The molecule has 0 spiro atoms. The molecule has 5 heteroatoms. The van der Waals surface area contributed by atoms with Crippen LogP contribution in [-0.4, -0.2) is 48.4 Å². The summed E-state index contributed by atoms with van der Waals surface area (Å²) in [5.41, 5.74) is 0. The van der Waals surface area contributed by atoms with Gasteiger partial charge in [0, 0.05) is 47.4 Å². The average molecular weight is 243 g/mol. The molecule has 0 unspecified atom stereocenters. The Morgan fingerprint density at radius 2 is 0.800 bits per heavy atom. The summed E-state index contributed by atoms with van der Waals surface area (Å²) < 4.78 is 0. The van der Waals surface area contributed by atoms with Crippen molar-refractivity contribution >= 4 is 0 Å². The van der Waals surface area contributed by atoms with Crippen molar-refractivity contribution in [1.29, 1.82) is 0 Å². The molecule has 0 rings (SSSR count). The van der Waals surface area contributed by atoms with E-state index in [0.717, 1.165) is 21.3 Å². The first kappa shape index (κ1) is 31.4. The third-order valence-corrected chi connectivity index (χ3v) is 0. The largest absolute Gasteiger partial charge is 0.400 e. The molecule has 0 saturated heterocycles. The fraction of sp³-hybridized carbons (Fsp3) is 1.00. The van der Waals surface area contributed by atoms with E-state index in [1.165, 1.54) is 0 Å². The Hall–Kier alpha value is 0.463. The van der Waals surface area contributed by atoms with Gasteiger partial charge in [0.05, 0.1) is 0 Å². The van der Waals surface area contributed by atoms with Crippen LogP contribution >= 0.6 is 0 Å². The van der Waals surface area contributed by atoms with Crippen LogP contribution in [0.15, 0.2) is 0 Å². The van der Waals surface area contributed by atoms with Gasteiger partial charge in [-0.3, -0.25) is 0 Å². The smallest absolute Gasteiger partial charge is 0.0402 e. The van der Waals surface area contributed by atoms with Crippen molar-refractivity contribution < 1.29 is 39.9 Å². The molecule has 4 nitrogen and oxygen atoms in total. The molecule has 0 fully saturated rings. The summed E-state index contributed by atoms with van der Waals surface area (Å²) >= 11 is 0. The fourth-order valence-electron chi connectivity index (χ4n) is 0. The quantitative estimate of drug-likeness (QED) is 0.404. The van der Waals surface area contributed by atoms with Crippen LogP contribution in [0.3, 0.4) is 0 Å². The molecule has 0 saturated carbocycles. The van der Waals surface area contributed by atoms with Crippen LogP contribution in [0.5, 0.6) is 0 Å². The van der Waals surface area contributed by atoms with Crippen molar-refractivity contribution in [1.82, 2.24) is 0 Å². The van der Waals surface area contributed by atoms with Crippen LogP contribution in [0.4, 0.5) is 0 Å². The molecule has 0 bridgehead atoms. The number of hydrogen-bond donors (Lipinski definition) is 4. The molecule has 0 heterocycles. The Bertz CT molecular complexity index is 13.6. The third-order valence-electron chi connectivity index (χ3n) is 0. The summed E-state index contributed by atoms with van der Waals surface area (Å²) in [4.78, 5) is 0. The second-order valence-corrected chi connectivity index (χ2v) is 0.316. The molecule has 0 aromatic rings. The summed E-state index contributed by atoms with van der Waals surface area (Å²) in [5.74, 6) is 0. The summed E-state index contributed by atoms with van der Waals surface area (Å²) in [6.45, 7) is 1.93. The second-order valence-electron chi connectivity index (χ2n) is 0.316. The molecule has 70 valence electrons. The molecule has 0 aromatic heterocycles. The van der Waals surface area contributed by atoms with Crippen molar-refractivity contribution in [2.24, 2.45) is 0 Å². The summed E-state index contributed by atoms with van der Waals surface area (Å²) in [7, 11) is 3.00. The molecule has 0 atom stereocenters. The molecular formula is C5H18O4Ru. The maximum absolute atomic E-state index is 7.57. The fourth-order valence-corrected chi connectivity index (χ4v) is 0. The van der Waals surface area contributed by atoms with Crippen LogP contribution in [0, 0.1) is 0 Å². The molecule has 0 aromatic carbocycles. The van der Waals surface area contributed by atoms with Gasteiger partial charge in [-0.2, -0.15) is 0 Å². The first-order valence-corrected chi connectivity index (χ1v) is 2.36. The molecule has 0 aliphatic heterocycles. The van der Waals surface area contributed by atoms with E-state index in [-0.39, 0.29) is 26.1 Å². The molecule has 0 radical (unpaired) electrons. The SMILES string of the molecule is CCO.CO.CO.CO.[Ru]. The van der Waals surface area contributed by atoms with E-state index in [2.05, 4.69) is 0 Å². The average Bonchev–Trinajstić information content (AvgIpc) is 2.01. The maximum Gasteiger partial charge on any atom is 0.0402 e. The van der Waals surface area contributed by atoms with Crippen LogP contribution < -0.4 is 0 Å². The van der Waals surface area contributed by atoms with E-state index < -0.39 is 0 Å². The Morgan fingerprint density at radius 3 is 0.800 bits per heavy atom. The minimum absolute atomic E-state index is 0. The van der Waals surface area contributed by atoms with Crippen molar-refractivity contribution in [3.05, 3.63) is 0 Å². The predicted molar refractivity (Wildman–Crippen MR) is 37.2 cm³/mol. The van der Waals surface area contributed by atoms with E-state index in [9.17, 15) is 0 Å². The number of hydrogen-bond acceptors (Lipinski definition) is 4. The minimum atomic E-state index is 0. The molecule has 4 N–H and O–H groups in total. The third kappa shape index (κ3) is 2200. The summed E-state index contributed by atoms with van der Waals surface area (Å²) in [5, 5.41) is 28.6. The van der Waals surface area contributed by atoms with Crippen molar-refractivity contribution in [2.75, 3.05) is 27.9 Å². The van der Waals surface area contributed by atoms with E-state index in [1.54, 1.807) is 6.92 Å². The number of rotatable bonds is 0. The van der Waals surface area contributed by atoms with Crippen LogP contribution in [0.1, 0.15) is 6.92 Å². The Balaban J connectivity index is -0.0000000110. The molecule has 0 amide bonds. The first-order valence-electron chi connectivity index (χ1n) is 2.36. The molecule has 0 aliphatic carbocycles. The topological polar surface area (TPSA) is 80.9 Å².